The number of hydrogen-bond acceptors (Lipinski definition) is 2. The van der Waals surface area contributed by atoms with Crippen molar-refractivity contribution in [2.75, 3.05) is 0 Å². The maximum atomic E-state index is 12.8. The molecule has 0 N–H and O–H groups in total. The summed E-state index contributed by atoms with van der Waals surface area (Å²) in [6.07, 6.45) is 1.54. The fourth-order valence-corrected chi connectivity index (χ4v) is 1.23. The Hall–Kier alpha value is -1.95. The number of benzene rings is 1. The Labute approximate surface area is 74.3 Å². The molecule has 13 heavy (non-hydrogen) atoms. The monoisotopic (exact) mass is 172 g/mol. The van der Waals surface area contributed by atoms with Gasteiger partial charge >= 0.3 is 0 Å². The van der Waals surface area contributed by atoms with E-state index in [9.17, 15) is 4.39 Å². The van der Waals surface area contributed by atoms with E-state index in [2.05, 4.69) is 4.98 Å². The van der Waals surface area contributed by atoms with E-state index in [1.807, 2.05) is 6.07 Å². The lowest BCUT2D eigenvalue weighted by Crippen LogP contribution is -1.85. The van der Waals surface area contributed by atoms with Gasteiger partial charge in [-0.1, -0.05) is 6.07 Å². The predicted molar refractivity (Wildman–Crippen MR) is 46.4 cm³/mol. The van der Waals surface area contributed by atoms with Crippen LogP contribution in [-0.4, -0.2) is 4.98 Å². The molecule has 0 saturated heterocycles. The molecule has 0 bridgehead atoms. The Morgan fingerprint density at radius 3 is 2.92 bits per heavy atom. The highest BCUT2D eigenvalue weighted by Gasteiger charge is 2.01. The van der Waals surface area contributed by atoms with Crippen LogP contribution in [0.5, 0.6) is 0 Å². The first kappa shape index (κ1) is 7.69. The van der Waals surface area contributed by atoms with Gasteiger partial charge < -0.3 is 0 Å². The van der Waals surface area contributed by atoms with Crippen molar-refractivity contribution >= 4 is 10.8 Å². The molecule has 0 radical (unpaired) electrons. The molecule has 1 aromatic carbocycles. The number of halogens is 1. The van der Waals surface area contributed by atoms with Gasteiger partial charge in [-0.15, -0.1) is 0 Å². The van der Waals surface area contributed by atoms with Crippen LogP contribution in [-0.2, 0) is 0 Å². The lowest BCUT2D eigenvalue weighted by Gasteiger charge is -1.97. The summed E-state index contributed by atoms with van der Waals surface area (Å²) in [6, 6.07) is 7.98. The predicted octanol–water partition coefficient (Wildman–Crippen LogP) is 2.25. The van der Waals surface area contributed by atoms with E-state index in [1.54, 1.807) is 18.3 Å². The van der Waals surface area contributed by atoms with Gasteiger partial charge in [0.2, 0.25) is 0 Å². The fraction of sp³-hybridized carbons (Fsp3) is 0. The highest BCUT2D eigenvalue weighted by Crippen LogP contribution is 2.16. The molecular weight excluding hydrogens is 167 g/mol. The summed E-state index contributed by atoms with van der Waals surface area (Å²) in [6.45, 7) is 0. The second kappa shape index (κ2) is 2.83. The lowest BCUT2D eigenvalue weighted by atomic mass is 10.1. The number of hydrogen-bond donors (Lipinski definition) is 0. The molecule has 0 unspecified atom stereocenters. The normalized spacial score (nSPS) is 9.85. The third-order valence-electron chi connectivity index (χ3n) is 1.83. The smallest absolute Gasteiger partial charge is 0.148 e. The summed E-state index contributed by atoms with van der Waals surface area (Å²) in [5, 5.41) is 10.1. The van der Waals surface area contributed by atoms with Crippen LogP contribution in [0.1, 0.15) is 5.69 Å². The molecule has 3 heteroatoms. The zero-order valence-corrected chi connectivity index (χ0v) is 6.66. The second-order valence-corrected chi connectivity index (χ2v) is 2.64. The van der Waals surface area contributed by atoms with Crippen molar-refractivity contribution in [3.63, 3.8) is 0 Å². The Morgan fingerprint density at radius 2 is 2.15 bits per heavy atom. The van der Waals surface area contributed by atoms with Gasteiger partial charge in [-0.2, -0.15) is 5.26 Å². The lowest BCUT2D eigenvalue weighted by molar-refractivity contribution is 0.629. The maximum Gasteiger partial charge on any atom is 0.148 e. The zero-order valence-electron chi connectivity index (χ0n) is 6.66. The van der Waals surface area contributed by atoms with E-state index in [0.717, 1.165) is 5.39 Å². The molecule has 62 valence electrons. The van der Waals surface area contributed by atoms with E-state index in [-0.39, 0.29) is 11.5 Å². The summed E-state index contributed by atoms with van der Waals surface area (Å²) in [4.78, 5) is 3.84. The Morgan fingerprint density at radius 1 is 1.31 bits per heavy atom. The van der Waals surface area contributed by atoms with Crippen molar-refractivity contribution in [1.29, 1.82) is 5.26 Å². The van der Waals surface area contributed by atoms with E-state index >= 15 is 0 Å². The topological polar surface area (TPSA) is 36.7 Å². The first-order chi connectivity index (χ1) is 6.31. The number of nitriles is 1. The third kappa shape index (κ3) is 1.23. The molecular formula is C10H5FN2. The van der Waals surface area contributed by atoms with Crippen LogP contribution in [0.3, 0.4) is 0 Å². The van der Waals surface area contributed by atoms with Crippen molar-refractivity contribution < 1.29 is 4.39 Å². The molecule has 0 spiro atoms. The average molecular weight is 172 g/mol. The SMILES string of the molecule is N#Cc1nccc2ccc(F)cc12. The molecule has 0 atom stereocenters. The standard InChI is InChI=1S/C10H5FN2/c11-8-2-1-7-3-4-13-10(6-12)9(7)5-8/h1-5H. The van der Waals surface area contributed by atoms with Gasteiger partial charge in [0.1, 0.15) is 17.6 Å². The minimum Gasteiger partial charge on any atom is -0.245 e. The molecule has 0 amide bonds. The first-order valence-corrected chi connectivity index (χ1v) is 3.75. The van der Waals surface area contributed by atoms with Crippen molar-refractivity contribution in [3.05, 3.63) is 42.0 Å². The van der Waals surface area contributed by atoms with Gasteiger partial charge in [0, 0.05) is 11.6 Å². The van der Waals surface area contributed by atoms with E-state index < -0.39 is 0 Å². The van der Waals surface area contributed by atoms with Gasteiger partial charge in [0.25, 0.3) is 0 Å². The molecule has 0 aliphatic heterocycles. The summed E-state index contributed by atoms with van der Waals surface area (Å²) >= 11 is 0. The van der Waals surface area contributed by atoms with E-state index in [4.69, 9.17) is 5.26 Å². The molecule has 2 aromatic rings. The number of aromatic nitrogens is 1. The van der Waals surface area contributed by atoms with Crippen LogP contribution in [0, 0.1) is 17.1 Å². The van der Waals surface area contributed by atoms with Gasteiger partial charge in [-0.3, -0.25) is 0 Å². The number of nitrogens with zero attached hydrogens (tertiary/aromatic N) is 2. The maximum absolute atomic E-state index is 12.8. The third-order valence-corrected chi connectivity index (χ3v) is 1.83. The number of pyridine rings is 1. The fourth-order valence-electron chi connectivity index (χ4n) is 1.23. The molecule has 0 fully saturated rings. The Kier molecular flexibility index (Phi) is 1.67. The van der Waals surface area contributed by atoms with Crippen LogP contribution >= 0.6 is 0 Å². The van der Waals surface area contributed by atoms with Crippen molar-refractivity contribution in [1.82, 2.24) is 4.98 Å². The molecule has 0 aliphatic carbocycles. The van der Waals surface area contributed by atoms with Crippen LogP contribution in [0.4, 0.5) is 4.39 Å². The Balaban J connectivity index is 2.89. The van der Waals surface area contributed by atoms with Crippen LogP contribution in [0.25, 0.3) is 10.8 Å². The summed E-state index contributed by atoms with van der Waals surface area (Å²) < 4.78 is 12.8. The van der Waals surface area contributed by atoms with Crippen LogP contribution in [0.15, 0.2) is 30.5 Å². The summed E-state index contributed by atoms with van der Waals surface area (Å²) in [7, 11) is 0. The largest absolute Gasteiger partial charge is 0.245 e. The van der Waals surface area contributed by atoms with Crippen molar-refractivity contribution in [3.8, 4) is 6.07 Å². The quantitative estimate of drug-likeness (QED) is 0.611. The number of fused-ring (bicyclic) bond motifs is 1. The highest BCUT2D eigenvalue weighted by atomic mass is 19.1. The second-order valence-electron chi connectivity index (χ2n) is 2.64. The molecule has 1 aromatic heterocycles. The van der Waals surface area contributed by atoms with Gasteiger partial charge in [-0.25, -0.2) is 9.37 Å². The molecule has 0 saturated carbocycles. The molecule has 0 aliphatic rings. The van der Waals surface area contributed by atoms with Gasteiger partial charge in [-0.05, 0) is 23.6 Å². The Bertz CT molecular complexity index is 500. The van der Waals surface area contributed by atoms with Crippen LogP contribution in [0.2, 0.25) is 0 Å². The molecule has 2 rings (SSSR count). The summed E-state index contributed by atoms with van der Waals surface area (Å²) in [5.41, 5.74) is 0.261. The van der Waals surface area contributed by atoms with Crippen LogP contribution < -0.4 is 0 Å². The van der Waals surface area contributed by atoms with Crippen molar-refractivity contribution in [2.24, 2.45) is 0 Å². The average Bonchev–Trinajstić information content (AvgIpc) is 2.17. The minimum absolute atomic E-state index is 0.261. The summed E-state index contributed by atoms with van der Waals surface area (Å²) in [5.74, 6) is -0.350. The van der Waals surface area contributed by atoms with Gasteiger partial charge in [0.05, 0.1) is 0 Å². The van der Waals surface area contributed by atoms with E-state index in [0.29, 0.717) is 5.39 Å². The minimum atomic E-state index is -0.350. The van der Waals surface area contributed by atoms with E-state index in [1.165, 1.54) is 12.1 Å². The van der Waals surface area contributed by atoms with Crippen molar-refractivity contribution in [2.45, 2.75) is 0 Å². The highest BCUT2D eigenvalue weighted by molar-refractivity contribution is 5.86. The number of rotatable bonds is 0. The first-order valence-electron chi connectivity index (χ1n) is 3.75. The van der Waals surface area contributed by atoms with Gasteiger partial charge in [0.15, 0.2) is 0 Å². The molecule has 1 heterocycles. The zero-order chi connectivity index (χ0) is 9.26. The molecule has 2 nitrogen and oxygen atoms in total.